The van der Waals surface area contributed by atoms with Crippen molar-refractivity contribution in [2.24, 2.45) is 5.92 Å². The molecule has 0 rings (SSSR count). The number of hydrogen-bond acceptors (Lipinski definition) is 2. The van der Waals surface area contributed by atoms with Crippen LogP contribution in [0.15, 0.2) is 0 Å². The smallest absolute Gasteiger partial charge is 0.306 e. The van der Waals surface area contributed by atoms with Crippen LogP contribution in [0.2, 0.25) is 0 Å². The first kappa shape index (κ1) is 11.4. The van der Waals surface area contributed by atoms with E-state index in [1.54, 1.807) is 6.92 Å². The Balaban J connectivity index is 3.53. The molecular formula is C9H18O3. The lowest BCUT2D eigenvalue weighted by Gasteiger charge is -2.12. The van der Waals surface area contributed by atoms with Crippen LogP contribution in [0.3, 0.4) is 0 Å². The molecule has 2 atom stereocenters. The number of carbonyl (C=O) groups is 1. The van der Waals surface area contributed by atoms with Gasteiger partial charge in [-0.1, -0.05) is 26.7 Å². The van der Waals surface area contributed by atoms with Gasteiger partial charge in [-0.3, -0.25) is 4.79 Å². The van der Waals surface area contributed by atoms with E-state index in [2.05, 4.69) is 0 Å². The molecule has 3 nitrogen and oxygen atoms in total. The molecule has 0 bridgehead atoms. The van der Waals surface area contributed by atoms with Crippen LogP contribution in [-0.2, 0) is 4.79 Å². The van der Waals surface area contributed by atoms with Gasteiger partial charge in [0.15, 0.2) is 0 Å². The lowest BCUT2D eigenvalue weighted by Crippen LogP contribution is -2.17. The molecule has 0 aromatic rings. The maximum atomic E-state index is 10.4. The Morgan fingerprint density at radius 1 is 1.50 bits per heavy atom. The van der Waals surface area contributed by atoms with Crippen LogP contribution in [0.1, 0.15) is 39.5 Å². The van der Waals surface area contributed by atoms with Crippen LogP contribution >= 0.6 is 0 Å². The van der Waals surface area contributed by atoms with Gasteiger partial charge in [0.1, 0.15) is 0 Å². The topological polar surface area (TPSA) is 57.5 Å². The average Bonchev–Trinajstić information content (AvgIpc) is 2.00. The summed E-state index contributed by atoms with van der Waals surface area (Å²) in [6.07, 6.45) is 2.64. The van der Waals surface area contributed by atoms with Crippen LogP contribution in [0.5, 0.6) is 0 Å². The number of carboxylic acid groups (broad SMARTS) is 1. The Kier molecular flexibility index (Phi) is 5.72. The molecule has 2 unspecified atom stereocenters. The van der Waals surface area contributed by atoms with E-state index in [1.165, 1.54) is 0 Å². The molecule has 0 fully saturated rings. The molecule has 12 heavy (non-hydrogen) atoms. The summed E-state index contributed by atoms with van der Waals surface area (Å²) < 4.78 is 0. The van der Waals surface area contributed by atoms with Crippen molar-refractivity contribution in [2.75, 3.05) is 0 Å². The standard InChI is InChI=1S/C9H18O3/c1-3-4-5-8(10)6-7(2)9(11)12/h7-8,10H,3-6H2,1-2H3,(H,11,12). The highest BCUT2D eigenvalue weighted by Crippen LogP contribution is 2.11. The van der Waals surface area contributed by atoms with Gasteiger partial charge in [0.25, 0.3) is 0 Å². The number of aliphatic hydroxyl groups excluding tert-OH is 1. The van der Waals surface area contributed by atoms with Crippen LogP contribution in [0.4, 0.5) is 0 Å². The lowest BCUT2D eigenvalue weighted by atomic mass is 10.0. The number of hydrogen-bond donors (Lipinski definition) is 2. The summed E-state index contributed by atoms with van der Waals surface area (Å²) in [7, 11) is 0. The zero-order valence-corrected chi connectivity index (χ0v) is 7.79. The molecule has 72 valence electrons. The zero-order chi connectivity index (χ0) is 9.56. The van der Waals surface area contributed by atoms with Crippen LogP contribution in [-0.4, -0.2) is 22.3 Å². The van der Waals surface area contributed by atoms with Gasteiger partial charge in [0.05, 0.1) is 12.0 Å². The molecule has 0 aromatic heterocycles. The third-order valence-corrected chi connectivity index (χ3v) is 1.94. The highest BCUT2D eigenvalue weighted by Gasteiger charge is 2.15. The third-order valence-electron chi connectivity index (χ3n) is 1.94. The van der Waals surface area contributed by atoms with E-state index in [-0.39, 0.29) is 0 Å². The molecule has 0 radical (unpaired) electrons. The van der Waals surface area contributed by atoms with Gasteiger partial charge in [-0.25, -0.2) is 0 Å². The fourth-order valence-corrected chi connectivity index (χ4v) is 1.07. The molecule has 0 spiro atoms. The third kappa shape index (κ3) is 5.13. The van der Waals surface area contributed by atoms with Crippen LogP contribution in [0.25, 0.3) is 0 Å². The lowest BCUT2D eigenvalue weighted by molar-refractivity contribution is -0.142. The molecule has 2 N–H and O–H groups in total. The molecule has 0 aliphatic heterocycles. The number of carboxylic acids is 1. The predicted octanol–water partition coefficient (Wildman–Crippen LogP) is 1.65. The Hall–Kier alpha value is -0.570. The van der Waals surface area contributed by atoms with Gasteiger partial charge in [-0.2, -0.15) is 0 Å². The van der Waals surface area contributed by atoms with Gasteiger partial charge in [0, 0.05) is 0 Å². The normalized spacial score (nSPS) is 15.6. The van der Waals surface area contributed by atoms with Gasteiger partial charge in [0.2, 0.25) is 0 Å². The predicted molar refractivity (Wildman–Crippen MR) is 46.9 cm³/mol. The quantitative estimate of drug-likeness (QED) is 0.643. The van der Waals surface area contributed by atoms with E-state index in [4.69, 9.17) is 5.11 Å². The van der Waals surface area contributed by atoms with Crippen molar-refractivity contribution in [1.82, 2.24) is 0 Å². The highest BCUT2D eigenvalue weighted by atomic mass is 16.4. The number of unbranched alkanes of at least 4 members (excludes halogenated alkanes) is 1. The first-order chi connectivity index (χ1) is 5.57. The minimum atomic E-state index is -0.828. The number of aliphatic carboxylic acids is 1. The van der Waals surface area contributed by atoms with Crippen molar-refractivity contribution < 1.29 is 15.0 Å². The number of rotatable bonds is 6. The van der Waals surface area contributed by atoms with Crippen molar-refractivity contribution in [3.8, 4) is 0 Å². The molecule has 0 heterocycles. The minimum Gasteiger partial charge on any atom is -0.481 e. The Morgan fingerprint density at radius 2 is 2.08 bits per heavy atom. The molecular weight excluding hydrogens is 156 g/mol. The van der Waals surface area contributed by atoms with Crippen LogP contribution < -0.4 is 0 Å². The van der Waals surface area contributed by atoms with Crippen molar-refractivity contribution in [1.29, 1.82) is 0 Å². The fraction of sp³-hybridized carbons (Fsp3) is 0.889. The SMILES string of the molecule is CCCCC(O)CC(C)C(=O)O. The maximum absolute atomic E-state index is 10.4. The Bertz CT molecular complexity index is 134. The minimum absolute atomic E-state index is 0.370. The van der Waals surface area contributed by atoms with Crippen molar-refractivity contribution in [3.05, 3.63) is 0 Å². The van der Waals surface area contributed by atoms with E-state index in [1.807, 2.05) is 6.92 Å². The van der Waals surface area contributed by atoms with Gasteiger partial charge >= 0.3 is 5.97 Å². The summed E-state index contributed by atoms with van der Waals surface area (Å²) in [5.74, 6) is -1.26. The summed E-state index contributed by atoms with van der Waals surface area (Å²) in [5.41, 5.74) is 0. The molecule has 3 heteroatoms. The first-order valence-corrected chi connectivity index (χ1v) is 4.48. The molecule has 0 aliphatic rings. The molecule has 0 saturated heterocycles. The Labute approximate surface area is 73.4 Å². The zero-order valence-electron chi connectivity index (χ0n) is 7.79. The van der Waals surface area contributed by atoms with Gasteiger partial charge in [-0.05, 0) is 12.8 Å². The second kappa shape index (κ2) is 6.00. The van der Waals surface area contributed by atoms with Crippen molar-refractivity contribution >= 4 is 5.97 Å². The summed E-state index contributed by atoms with van der Waals surface area (Å²) in [4.78, 5) is 10.4. The summed E-state index contributed by atoms with van der Waals surface area (Å²) in [5, 5.41) is 17.9. The molecule has 0 aromatic carbocycles. The average molecular weight is 174 g/mol. The second-order valence-corrected chi connectivity index (χ2v) is 3.27. The van der Waals surface area contributed by atoms with Crippen molar-refractivity contribution in [2.45, 2.75) is 45.6 Å². The summed E-state index contributed by atoms with van der Waals surface area (Å²) in [6, 6.07) is 0. The van der Waals surface area contributed by atoms with Crippen molar-refractivity contribution in [3.63, 3.8) is 0 Å². The maximum Gasteiger partial charge on any atom is 0.306 e. The molecule has 0 saturated carbocycles. The monoisotopic (exact) mass is 174 g/mol. The first-order valence-electron chi connectivity index (χ1n) is 4.48. The van der Waals surface area contributed by atoms with E-state index < -0.39 is 18.0 Å². The van der Waals surface area contributed by atoms with Crippen LogP contribution in [0, 0.1) is 5.92 Å². The van der Waals surface area contributed by atoms with E-state index in [0.717, 1.165) is 12.8 Å². The molecule has 0 amide bonds. The van der Waals surface area contributed by atoms with Gasteiger partial charge < -0.3 is 10.2 Å². The Morgan fingerprint density at radius 3 is 2.50 bits per heavy atom. The fourth-order valence-electron chi connectivity index (χ4n) is 1.07. The molecule has 0 aliphatic carbocycles. The summed E-state index contributed by atoms with van der Waals surface area (Å²) in [6.45, 7) is 3.67. The highest BCUT2D eigenvalue weighted by molar-refractivity contribution is 5.69. The largest absolute Gasteiger partial charge is 0.481 e. The summed E-state index contributed by atoms with van der Waals surface area (Å²) >= 11 is 0. The number of aliphatic hydroxyl groups is 1. The van der Waals surface area contributed by atoms with E-state index in [0.29, 0.717) is 12.8 Å². The van der Waals surface area contributed by atoms with E-state index >= 15 is 0 Å². The van der Waals surface area contributed by atoms with E-state index in [9.17, 15) is 9.90 Å². The second-order valence-electron chi connectivity index (χ2n) is 3.27. The van der Waals surface area contributed by atoms with Gasteiger partial charge in [-0.15, -0.1) is 0 Å².